The number of hydrogen-bond donors (Lipinski definition) is 2. The zero-order chi connectivity index (χ0) is 15.8. The average Bonchev–Trinajstić information content (AvgIpc) is 3.30. The van der Waals surface area contributed by atoms with Crippen LogP contribution in [-0.2, 0) is 6.54 Å². The zero-order valence-electron chi connectivity index (χ0n) is 13.9. The molecule has 1 aromatic rings. The number of ether oxygens (including phenoxy) is 1. The van der Waals surface area contributed by atoms with Crippen LogP contribution in [0.15, 0.2) is 29.3 Å². The van der Waals surface area contributed by atoms with Gasteiger partial charge in [-0.15, -0.1) is 0 Å². The zero-order valence-corrected chi connectivity index (χ0v) is 13.9. The standard InChI is InChI=1S/C17H28N4O/c1-4-18-17(20-15-9-10-15)19-13-14-7-5-6-8-16(14)22-12-11-21(2)3/h5-8,15H,4,9-13H2,1-3H3,(H2,18,19,20). The monoisotopic (exact) mass is 304 g/mol. The molecule has 0 spiro atoms. The highest BCUT2D eigenvalue weighted by molar-refractivity contribution is 5.80. The number of hydrogen-bond acceptors (Lipinski definition) is 3. The lowest BCUT2D eigenvalue weighted by Crippen LogP contribution is -2.38. The van der Waals surface area contributed by atoms with Gasteiger partial charge in [0.15, 0.2) is 5.96 Å². The van der Waals surface area contributed by atoms with Gasteiger partial charge in [-0.2, -0.15) is 0 Å². The summed E-state index contributed by atoms with van der Waals surface area (Å²) in [5.41, 5.74) is 1.12. The Hall–Kier alpha value is -1.75. The van der Waals surface area contributed by atoms with Crippen molar-refractivity contribution in [3.63, 3.8) is 0 Å². The molecule has 0 unspecified atom stereocenters. The number of aliphatic imine (C=N–C) groups is 1. The fourth-order valence-electron chi connectivity index (χ4n) is 2.02. The number of rotatable bonds is 8. The second-order valence-electron chi connectivity index (χ2n) is 5.87. The second kappa shape index (κ2) is 8.63. The Kier molecular flexibility index (Phi) is 6.52. The minimum Gasteiger partial charge on any atom is -0.492 e. The number of benzene rings is 1. The van der Waals surface area contributed by atoms with Crippen LogP contribution < -0.4 is 15.4 Å². The molecule has 1 aliphatic rings. The van der Waals surface area contributed by atoms with Gasteiger partial charge in [0.2, 0.25) is 0 Å². The predicted octanol–water partition coefficient (Wildman–Crippen LogP) is 1.84. The van der Waals surface area contributed by atoms with Gasteiger partial charge in [0, 0.05) is 24.7 Å². The van der Waals surface area contributed by atoms with Crippen LogP contribution >= 0.6 is 0 Å². The molecule has 0 radical (unpaired) electrons. The van der Waals surface area contributed by atoms with Crippen LogP contribution in [0.4, 0.5) is 0 Å². The van der Waals surface area contributed by atoms with E-state index in [2.05, 4.69) is 33.5 Å². The topological polar surface area (TPSA) is 48.9 Å². The van der Waals surface area contributed by atoms with Crippen molar-refractivity contribution in [2.45, 2.75) is 32.4 Å². The van der Waals surface area contributed by atoms with Crippen LogP contribution in [0.5, 0.6) is 5.75 Å². The van der Waals surface area contributed by atoms with Crippen LogP contribution in [0, 0.1) is 0 Å². The van der Waals surface area contributed by atoms with E-state index in [0.717, 1.165) is 30.4 Å². The lowest BCUT2D eigenvalue weighted by atomic mass is 10.2. The first-order valence-electron chi connectivity index (χ1n) is 8.09. The predicted molar refractivity (Wildman–Crippen MR) is 91.5 cm³/mol. The summed E-state index contributed by atoms with van der Waals surface area (Å²) in [7, 11) is 4.09. The maximum absolute atomic E-state index is 5.88. The van der Waals surface area contributed by atoms with E-state index in [1.54, 1.807) is 0 Å². The summed E-state index contributed by atoms with van der Waals surface area (Å²) >= 11 is 0. The van der Waals surface area contributed by atoms with Gasteiger partial charge in [0.25, 0.3) is 0 Å². The molecule has 1 fully saturated rings. The van der Waals surface area contributed by atoms with Gasteiger partial charge in [-0.25, -0.2) is 4.99 Å². The normalized spacial score (nSPS) is 15.0. The van der Waals surface area contributed by atoms with Crippen molar-refractivity contribution in [1.82, 2.24) is 15.5 Å². The van der Waals surface area contributed by atoms with E-state index in [1.807, 2.05) is 32.3 Å². The van der Waals surface area contributed by atoms with Crippen molar-refractivity contribution in [3.05, 3.63) is 29.8 Å². The third-order valence-electron chi connectivity index (χ3n) is 3.44. The summed E-state index contributed by atoms with van der Waals surface area (Å²) in [5, 5.41) is 6.72. The lowest BCUT2D eigenvalue weighted by molar-refractivity contribution is 0.259. The quantitative estimate of drug-likeness (QED) is 0.568. The summed E-state index contributed by atoms with van der Waals surface area (Å²) in [5.74, 6) is 1.82. The average molecular weight is 304 g/mol. The molecule has 0 heterocycles. The molecule has 122 valence electrons. The maximum atomic E-state index is 5.88. The molecule has 1 saturated carbocycles. The van der Waals surface area contributed by atoms with E-state index in [1.165, 1.54) is 12.8 Å². The molecule has 1 aliphatic carbocycles. The van der Waals surface area contributed by atoms with Gasteiger partial charge in [-0.3, -0.25) is 0 Å². The van der Waals surface area contributed by atoms with Crippen molar-refractivity contribution in [2.24, 2.45) is 4.99 Å². The Bertz CT molecular complexity index is 483. The van der Waals surface area contributed by atoms with Crippen molar-refractivity contribution in [2.75, 3.05) is 33.8 Å². The van der Waals surface area contributed by atoms with E-state index >= 15 is 0 Å². The molecule has 22 heavy (non-hydrogen) atoms. The van der Waals surface area contributed by atoms with Crippen molar-refractivity contribution >= 4 is 5.96 Å². The summed E-state index contributed by atoms with van der Waals surface area (Å²) in [6.45, 7) is 5.18. The van der Waals surface area contributed by atoms with E-state index in [4.69, 9.17) is 4.74 Å². The highest BCUT2D eigenvalue weighted by atomic mass is 16.5. The molecule has 0 aliphatic heterocycles. The Labute approximate surface area is 133 Å². The largest absolute Gasteiger partial charge is 0.492 e. The second-order valence-corrected chi connectivity index (χ2v) is 5.87. The fourth-order valence-corrected chi connectivity index (χ4v) is 2.02. The lowest BCUT2D eigenvalue weighted by Gasteiger charge is -2.14. The van der Waals surface area contributed by atoms with E-state index in [9.17, 15) is 0 Å². The molecule has 0 atom stereocenters. The molecule has 0 saturated heterocycles. The highest BCUT2D eigenvalue weighted by Gasteiger charge is 2.22. The van der Waals surface area contributed by atoms with Crippen molar-refractivity contribution in [1.29, 1.82) is 0 Å². The Morgan fingerprint density at radius 1 is 1.32 bits per heavy atom. The van der Waals surface area contributed by atoms with Crippen molar-refractivity contribution < 1.29 is 4.74 Å². The van der Waals surface area contributed by atoms with Gasteiger partial charge in [-0.1, -0.05) is 18.2 Å². The van der Waals surface area contributed by atoms with Gasteiger partial charge >= 0.3 is 0 Å². The molecule has 0 amide bonds. The van der Waals surface area contributed by atoms with Crippen LogP contribution in [0.25, 0.3) is 0 Å². The van der Waals surface area contributed by atoms with Gasteiger partial charge < -0.3 is 20.3 Å². The van der Waals surface area contributed by atoms with Crippen LogP contribution in [0.2, 0.25) is 0 Å². The van der Waals surface area contributed by atoms with Crippen LogP contribution in [-0.4, -0.2) is 50.7 Å². The molecule has 2 rings (SSSR count). The van der Waals surface area contributed by atoms with Gasteiger partial charge in [0.05, 0.1) is 6.54 Å². The first-order chi connectivity index (χ1) is 10.7. The molecule has 5 heteroatoms. The van der Waals surface area contributed by atoms with Gasteiger partial charge in [0.1, 0.15) is 12.4 Å². The van der Waals surface area contributed by atoms with E-state index in [0.29, 0.717) is 19.2 Å². The Balaban J connectivity index is 1.94. The first kappa shape index (κ1) is 16.6. The van der Waals surface area contributed by atoms with Crippen LogP contribution in [0.1, 0.15) is 25.3 Å². The van der Waals surface area contributed by atoms with Crippen LogP contribution in [0.3, 0.4) is 0 Å². The summed E-state index contributed by atoms with van der Waals surface area (Å²) < 4.78 is 5.88. The highest BCUT2D eigenvalue weighted by Crippen LogP contribution is 2.20. The van der Waals surface area contributed by atoms with Crippen molar-refractivity contribution in [3.8, 4) is 5.75 Å². The molecule has 5 nitrogen and oxygen atoms in total. The Morgan fingerprint density at radius 3 is 2.77 bits per heavy atom. The molecule has 1 aromatic carbocycles. The Morgan fingerprint density at radius 2 is 2.09 bits per heavy atom. The van der Waals surface area contributed by atoms with Gasteiger partial charge in [-0.05, 0) is 39.9 Å². The molecular formula is C17H28N4O. The molecule has 0 bridgehead atoms. The summed E-state index contributed by atoms with van der Waals surface area (Å²) in [4.78, 5) is 6.79. The SMILES string of the molecule is CCNC(=NCc1ccccc1OCCN(C)C)NC1CC1. The number of guanidine groups is 1. The van der Waals surface area contributed by atoms with E-state index in [-0.39, 0.29) is 0 Å². The fraction of sp³-hybridized carbons (Fsp3) is 0.588. The third kappa shape index (κ3) is 5.93. The smallest absolute Gasteiger partial charge is 0.191 e. The minimum atomic E-state index is 0.601. The number of para-hydroxylation sites is 1. The molecule has 2 N–H and O–H groups in total. The molecule has 0 aromatic heterocycles. The number of nitrogens with zero attached hydrogens (tertiary/aromatic N) is 2. The summed E-state index contributed by atoms with van der Waals surface area (Å²) in [6.07, 6.45) is 2.49. The summed E-state index contributed by atoms with van der Waals surface area (Å²) in [6, 6.07) is 8.73. The minimum absolute atomic E-state index is 0.601. The first-order valence-corrected chi connectivity index (χ1v) is 8.09. The number of nitrogens with one attached hydrogen (secondary N) is 2. The number of likely N-dealkylation sites (N-methyl/N-ethyl adjacent to an activating group) is 1. The van der Waals surface area contributed by atoms with E-state index < -0.39 is 0 Å². The third-order valence-corrected chi connectivity index (χ3v) is 3.44. The molecular weight excluding hydrogens is 276 g/mol. The maximum Gasteiger partial charge on any atom is 0.191 e.